The first-order valence-electron chi connectivity index (χ1n) is 9.70. The lowest BCUT2D eigenvalue weighted by Gasteiger charge is -2.08. The van der Waals surface area contributed by atoms with Gasteiger partial charge in [0.25, 0.3) is 5.91 Å². The van der Waals surface area contributed by atoms with Crippen LogP contribution in [0.3, 0.4) is 0 Å². The third-order valence-electron chi connectivity index (χ3n) is 4.41. The van der Waals surface area contributed by atoms with Crippen molar-refractivity contribution in [2.75, 3.05) is 12.3 Å². The van der Waals surface area contributed by atoms with Crippen LogP contribution in [0.4, 0.5) is 5.69 Å². The van der Waals surface area contributed by atoms with Gasteiger partial charge in [-0.25, -0.2) is 5.43 Å². The molecule has 30 heavy (non-hydrogen) atoms. The Morgan fingerprint density at radius 1 is 0.867 bits per heavy atom. The highest BCUT2D eigenvalue weighted by Crippen LogP contribution is 2.19. The number of hydrazone groups is 1. The number of hydrogen-bond acceptors (Lipinski definition) is 5. The van der Waals surface area contributed by atoms with Crippen molar-refractivity contribution < 1.29 is 14.3 Å². The summed E-state index contributed by atoms with van der Waals surface area (Å²) < 4.78 is 11.2. The zero-order valence-corrected chi connectivity index (χ0v) is 17.1. The van der Waals surface area contributed by atoms with Gasteiger partial charge in [-0.2, -0.15) is 5.10 Å². The van der Waals surface area contributed by atoms with Gasteiger partial charge in [-0.1, -0.05) is 24.3 Å². The van der Waals surface area contributed by atoms with Crippen LogP contribution < -0.4 is 20.6 Å². The van der Waals surface area contributed by atoms with E-state index in [1.807, 2.05) is 62.4 Å². The molecule has 6 heteroatoms. The smallest absolute Gasteiger partial charge is 0.271 e. The maximum Gasteiger partial charge on any atom is 0.271 e. The van der Waals surface area contributed by atoms with Crippen LogP contribution in [-0.2, 0) is 6.61 Å². The topological polar surface area (TPSA) is 85.9 Å². The minimum absolute atomic E-state index is 0.274. The van der Waals surface area contributed by atoms with Crippen LogP contribution in [0.5, 0.6) is 11.5 Å². The number of carbonyl (C=O) groups is 1. The van der Waals surface area contributed by atoms with E-state index < -0.39 is 0 Å². The first-order valence-corrected chi connectivity index (χ1v) is 9.70. The molecule has 3 aromatic rings. The van der Waals surface area contributed by atoms with Crippen molar-refractivity contribution in [3.05, 3.63) is 89.5 Å². The molecule has 0 aliphatic heterocycles. The maximum absolute atomic E-state index is 12.3. The van der Waals surface area contributed by atoms with E-state index in [-0.39, 0.29) is 5.91 Å². The summed E-state index contributed by atoms with van der Waals surface area (Å²) in [6.07, 6.45) is 0. The molecule has 0 aromatic heterocycles. The van der Waals surface area contributed by atoms with Gasteiger partial charge in [0.05, 0.1) is 12.3 Å². The summed E-state index contributed by atoms with van der Waals surface area (Å²) in [5, 5.41) is 4.16. The highest BCUT2D eigenvalue weighted by molar-refractivity contribution is 6.01. The van der Waals surface area contributed by atoms with Crippen LogP contribution in [0.1, 0.15) is 35.3 Å². The van der Waals surface area contributed by atoms with Crippen molar-refractivity contribution >= 4 is 17.3 Å². The molecule has 3 N–H and O–H groups in total. The molecule has 0 saturated carbocycles. The van der Waals surface area contributed by atoms with E-state index in [0.717, 1.165) is 22.6 Å². The molecule has 3 rings (SSSR count). The molecule has 6 nitrogen and oxygen atoms in total. The van der Waals surface area contributed by atoms with Crippen molar-refractivity contribution in [2.24, 2.45) is 5.10 Å². The average Bonchev–Trinajstić information content (AvgIpc) is 2.78. The van der Waals surface area contributed by atoms with Gasteiger partial charge >= 0.3 is 0 Å². The quantitative estimate of drug-likeness (QED) is 0.332. The Hall–Kier alpha value is -3.80. The molecule has 0 aliphatic rings. The van der Waals surface area contributed by atoms with E-state index in [9.17, 15) is 4.79 Å². The predicted octanol–water partition coefficient (Wildman–Crippen LogP) is 4.40. The SMILES string of the molecule is CCOc1ccc(OCc2ccc(C(=O)N/N=C(/C)c3ccc(N)cc3)cc2)cc1. The molecule has 0 fully saturated rings. The standard InChI is InChI=1S/C24H25N3O3/c1-3-29-22-12-14-23(15-13-22)30-16-18-4-6-20(7-5-18)24(28)27-26-17(2)19-8-10-21(25)11-9-19/h4-15H,3,16,25H2,1-2H3,(H,27,28)/b26-17-. The van der Waals surface area contributed by atoms with Gasteiger partial charge < -0.3 is 15.2 Å². The number of rotatable bonds is 8. The van der Waals surface area contributed by atoms with Crippen molar-refractivity contribution in [1.82, 2.24) is 5.43 Å². The van der Waals surface area contributed by atoms with E-state index in [1.165, 1.54) is 0 Å². The van der Waals surface area contributed by atoms with Gasteiger partial charge in [-0.3, -0.25) is 4.79 Å². The number of nitrogens with zero attached hydrogens (tertiary/aromatic N) is 1. The first-order chi connectivity index (χ1) is 14.5. The molecule has 0 unspecified atom stereocenters. The number of anilines is 1. The lowest BCUT2D eigenvalue weighted by atomic mass is 10.1. The molecule has 0 atom stereocenters. The van der Waals surface area contributed by atoms with Crippen molar-refractivity contribution in [2.45, 2.75) is 20.5 Å². The zero-order valence-electron chi connectivity index (χ0n) is 17.1. The Morgan fingerprint density at radius 3 is 2.03 bits per heavy atom. The van der Waals surface area contributed by atoms with Crippen LogP contribution in [0.2, 0.25) is 0 Å². The summed E-state index contributed by atoms with van der Waals surface area (Å²) in [6, 6.07) is 22.0. The fourth-order valence-electron chi connectivity index (χ4n) is 2.71. The van der Waals surface area contributed by atoms with Gasteiger partial charge in [-0.05, 0) is 73.5 Å². The van der Waals surface area contributed by atoms with Crippen LogP contribution in [0.15, 0.2) is 77.9 Å². The predicted molar refractivity (Wildman–Crippen MR) is 119 cm³/mol. The van der Waals surface area contributed by atoms with E-state index in [2.05, 4.69) is 10.5 Å². The molecule has 154 valence electrons. The van der Waals surface area contributed by atoms with Gasteiger partial charge in [0.15, 0.2) is 0 Å². The zero-order chi connectivity index (χ0) is 21.3. The monoisotopic (exact) mass is 403 g/mol. The second kappa shape index (κ2) is 10.1. The van der Waals surface area contributed by atoms with E-state index in [0.29, 0.717) is 30.2 Å². The summed E-state index contributed by atoms with van der Waals surface area (Å²) in [7, 11) is 0. The highest BCUT2D eigenvalue weighted by atomic mass is 16.5. The Morgan fingerprint density at radius 2 is 1.43 bits per heavy atom. The van der Waals surface area contributed by atoms with E-state index >= 15 is 0 Å². The minimum atomic E-state index is -0.274. The third kappa shape index (κ3) is 5.85. The number of amides is 1. The number of benzene rings is 3. The third-order valence-corrected chi connectivity index (χ3v) is 4.41. The fourth-order valence-corrected chi connectivity index (χ4v) is 2.71. The van der Waals surface area contributed by atoms with E-state index in [1.54, 1.807) is 24.3 Å². The number of nitrogens with one attached hydrogen (secondary N) is 1. The van der Waals surface area contributed by atoms with Crippen molar-refractivity contribution in [3.8, 4) is 11.5 Å². The van der Waals surface area contributed by atoms with Gasteiger partial charge in [0, 0.05) is 11.3 Å². The number of hydrogen-bond donors (Lipinski definition) is 2. The maximum atomic E-state index is 12.3. The Labute approximate surface area is 176 Å². The summed E-state index contributed by atoms with van der Waals surface area (Å²) in [5.74, 6) is 1.30. The normalized spacial score (nSPS) is 11.1. The second-order valence-electron chi connectivity index (χ2n) is 6.65. The molecule has 0 spiro atoms. The van der Waals surface area contributed by atoms with Crippen LogP contribution in [0, 0.1) is 0 Å². The van der Waals surface area contributed by atoms with Crippen LogP contribution in [-0.4, -0.2) is 18.2 Å². The van der Waals surface area contributed by atoms with Crippen LogP contribution >= 0.6 is 0 Å². The molecule has 0 aliphatic carbocycles. The molecule has 0 radical (unpaired) electrons. The molecule has 0 saturated heterocycles. The number of nitrogen functional groups attached to an aromatic ring is 1. The number of nitrogens with two attached hydrogens (primary N) is 1. The summed E-state index contributed by atoms with van der Waals surface area (Å²) >= 11 is 0. The highest BCUT2D eigenvalue weighted by Gasteiger charge is 2.06. The van der Waals surface area contributed by atoms with Gasteiger partial charge in [0.1, 0.15) is 18.1 Å². The Kier molecular flexibility index (Phi) is 7.05. The lowest BCUT2D eigenvalue weighted by Crippen LogP contribution is -2.19. The van der Waals surface area contributed by atoms with Gasteiger partial charge in [-0.15, -0.1) is 0 Å². The van der Waals surface area contributed by atoms with Crippen molar-refractivity contribution in [3.63, 3.8) is 0 Å². The van der Waals surface area contributed by atoms with E-state index in [4.69, 9.17) is 15.2 Å². The summed E-state index contributed by atoms with van der Waals surface area (Å²) in [5.41, 5.74) is 12.0. The van der Waals surface area contributed by atoms with Crippen LogP contribution in [0.25, 0.3) is 0 Å². The number of carbonyl (C=O) groups excluding carboxylic acids is 1. The molecular formula is C24H25N3O3. The number of ether oxygens (including phenoxy) is 2. The molecule has 3 aromatic carbocycles. The molecule has 1 amide bonds. The molecule has 0 heterocycles. The first kappa shape index (κ1) is 20.9. The largest absolute Gasteiger partial charge is 0.494 e. The minimum Gasteiger partial charge on any atom is -0.494 e. The van der Waals surface area contributed by atoms with Crippen molar-refractivity contribution in [1.29, 1.82) is 0 Å². The van der Waals surface area contributed by atoms with Gasteiger partial charge in [0.2, 0.25) is 0 Å². The molecule has 0 bridgehead atoms. The molecular weight excluding hydrogens is 378 g/mol. The summed E-state index contributed by atoms with van der Waals surface area (Å²) in [6.45, 7) is 4.81. The fraction of sp³-hybridized carbons (Fsp3) is 0.167. The Bertz CT molecular complexity index is 995. The summed E-state index contributed by atoms with van der Waals surface area (Å²) in [4.78, 5) is 12.3. The lowest BCUT2D eigenvalue weighted by molar-refractivity contribution is 0.0955. The average molecular weight is 403 g/mol. The Balaban J connectivity index is 1.53. The second-order valence-corrected chi connectivity index (χ2v) is 6.65.